The molecule has 2 aromatic rings. The minimum atomic E-state index is 0.806. The van der Waals surface area contributed by atoms with Crippen LogP contribution >= 0.6 is 0 Å². The molecule has 2 aliphatic rings. The predicted molar refractivity (Wildman–Crippen MR) is 117 cm³/mol. The van der Waals surface area contributed by atoms with E-state index in [1.54, 1.807) is 14.2 Å². The lowest BCUT2D eigenvalue weighted by Gasteiger charge is -2.40. The molecule has 0 bridgehead atoms. The van der Waals surface area contributed by atoms with Gasteiger partial charge in [0.05, 0.1) is 14.2 Å². The maximum Gasteiger partial charge on any atom is 0.175 e. The van der Waals surface area contributed by atoms with Crippen LogP contribution in [0.2, 0.25) is 0 Å². The smallest absolute Gasteiger partial charge is 0.175 e. The Morgan fingerprint density at radius 3 is 2.40 bits per heavy atom. The number of likely N-dealkylation sites (N-methyl/N-ethyl adjacent to an activating group) is 1. The number of methoxy groups -OCH3 is 2. The van der Waals surface area contributed by atoms with Crippen LogP contribution in [0.15, 0.2) is 48.4 Å². The number of aryl methyl sites for hydroxylation is 2. The first-order valence-electron chi connectivity index (χ1n) is 10.3. The molecule has 0 atom stereocenters. The Balaban J connectivity index is 1.43. The van der Waals surface area contributed by atoms with Crippen LogP contribution in [0.3, 0.4) is 0 Å². The third-order valence-corrected chi connectivity index (χ3v) is 5.54. The van der Waals surface area contributed by atoms with Gasteiger partial charge in [-0.15, -0.1) is 0 Å². The van der Waals surface area contributed by atoms with Crippen LogP contribution in [-0.4, -0.2) is 67.4 Å². The number of H-pyrrole nitrogens is 1. The van der Waals surface area contributed by atoms with E-state index in [-0.39, 0.29) is 0 Å². The molecule has 160 valence electrons. The van der Waals surface area contributed by atoms with Crippen molar-refractivity contribution in [1.82, 2.24) is 25.4 Å². The molecule has 30 heavy (non-hydrogen) atoms. The summed E-state index contributed by atoms with van der Waals surface area (Å²) in [6.45, 7) is 4.13. The second kappa shape index (κ2) is 9.13. The molecule has 0 unspecified atom stereocenters. The second-order valence-electron chi connectivity index (χ2n) is 7.61. The number of ether oxygens (including phenoxy) is 2. The van der Waals surface area contributed by atoms with Crippen LogP contribution in [0, 0.1) is 0 Å². The van der Waals surface area contributed by atoms with Crippen LogP contribution in [0.5, 0.6) is 11.5 Å². The number of aromatic amines is 1. The van der Waals surface area contributed by atoms with Gasteiger partial charge in [0.15, 0.2) is 5.82 Å². The maximum atomic E-state index is 5.37. The van der Waals surface area contributed by atoms with E-state index in [9.17, 15) is 0 Å². The number of rotatable bonds is 7. The minimum absolute atomic E-state index is 0.806. The number of benzene rings is 1. The molecule has 1 aromatic heterocycles. The summed E-state index contributed by atoms with van der Waals surface area (Å²) < 4.78 is 10.7. The monoisotopic (exact) mass is 410 g/mol. The largest absolute Gasteiger partial charge is 0.497 e. The number of hydrogen-bond acceptors (Lipinski definition) is 7. The second-order valence-corrected chi connectivity index (χ2v) is 7.61. The van der Waals surface area contributed by atoms with Gasteiger partial charge in [-0.2, -0.15) is 5.10 Å². The molecule has 3 heterocycles. The van der Waals surface area contributed by atoms with E-state index in [4.69, 9.17) is 9.47 Å². The summed E-state index contributed by atoms with van der Waals surface area (Å²) in [6, 6.07) is 8.09. The molecule has 0 radical (unpaired) electrons. The molecule has 0 aliphatic carbocycles. The summed E-state index contributed by atoms with van der Waals surface area (Å²) >= 11 is 0. The van der Waals surface area contributed by atoms with Crippen molar-refractivity contribution in [2.45, 2.75) is 12.8 Å². The molecule has 0 amide bonds. The summed E-state index contributed by atoms with van der Waals surface area (Å²) in [5.74, 6) is 3.60. The van der Waals surface area contributed by atoms with E-state index in [1.807, 2.05) is 35.5 Å². The predicted octanol–water partition coefficient (Wildman–Crippen LogP) is 2.14. The van der Waals surface area contributed by atoms with Gasteiger partial charge in [-0.3, -0.25) is 10.5 Å². The average molecular weight is 411 g/mol. The van der Waals surface area contributed by atoms with Gasteiger partial charge in [-0.1, -0.05) is 0 Å². The Morgan fingerprint density at radius 1 is 0.967 bits per heavy atom. The van der Waals surface area contributed by atoms with Crippen LogP contribution in [0.1, 0.15) is 11.3 Å². The van der Waals surface area contributed by atoms with Crippen molar-refractivity contribution in [2.75, 3.05) is 52.5 Å². The number of hydrazine groups is 1. The first kappa shape index (κ1) is 20.2. The molecule has 8 heteroatoms. The number of aromatic nitrogens is 2. The summed E-state index contributed by atoms with van der Waals surface area (Å²) in [7, 11) is 5.51. The molecule has 0 spiro atoms. The molecule has 1 fully saturated rings. The van der Waals surface area contributed by atoms with Crippen molar-refractivity contribution in [3.63, 3.8) is 0 Å². The Morgan fingerprint density at radius 2 is 1.70 bits per heavy atom. The fourth-order valence-corrected chi connectivity index (χ4v) is 3.74. The molecule has 8 nitrogen and oxygen atoms in total. The van der Waals surface area contributed by atoms with Crippen molar-refractivity contribution in [1.29, 1.82) is 0 Å². The van der Waals surface area contributed by atoms with Crippen molar-refractivity contribution >= 4 is 5.82 Å². The molecule has 1 saturated heterocycles. The number of hydrogen-bond donors (Lipinski definition) is 2. The average Bonchev–Trinajstić information content (AvgIpc) is 3.27. The summed E-state index contributed by atoms with van der Waals surface area (Å²) in [4.78, 5) is 4.75. The van der Waals surface area contributed by atoms with Gasteiger partial charge in [0.25, 0.3) is 0 Å². The Labute approximate surface area is 177 Å². The third-order valence-electron chi connectivity index (χ3n) is 5.54. The van der Waals surface area contributed by atoms with Gasteiger partial charge in [-0.05, 0) is 49.7 Å². The SMILES string of the molecule is COc1cc(CCc2cc(N3NC=CC=C3N3CCN(C)CC3)n[nH]2)cc(OC)c1. The highest BCUT2D eigenvalue weighted by Crippen LogP contribution is 2.25. The zero-order valence-corrected chi connectivity index (χ0v) is 17.9. The Bertz CT molecular complexity index is 892. The van der Waals surface area contributed by atoms with Crippen LogP contribution in [-0.2, 0) is 12.8 Å². The molecular formula is C22H30N6O2. The highest BCUT2D eigenvalue weighted by Gasteiger charge is 2.24. The van der Waals surface area contributed by atoms with E-state index >= 15 is 0 Å². The molecule has 2 aliphatic heterocycles. The highest BCUT2D eigenvalue weighted by molar-refractivity contribution is 5.47. The number of piperazine rings is 1. The first-order valence-corrected chi connectivity index (χ1v) is 10.3. The van der Waals surface area contributed by atoms with Crippen molar-refractivity contribution < 1.29 is 9.47 Å². The lowest BCUT2D eigenvalue weighted by Crippen LogP contribution is -2.50. The summed E-state index contributed by atoms with van der Waals surface area (Å²) in [5, 5.41) is 9.79. The van der Waals surface area contributed by atoms with Crippen molar-refractivity contribution in [2.24, 2.45) is 0 Å². The maximum absolute atomic E-state index is 5.37. The van der Waals surface area contributed by atoms with E-state index in [0.29, 0.717) is 0 Å². The van der Waals surface area contributed by atoms with Crippen LogP contribution in [0.25, 0.3) is 0 Å². The van der Waals surface area contributed by atoms with Gasteiger partial charge in [0, 0.05) is 50.2 Å². The zero-order chi connectivity index (χ0) is 20.9. The van der Waals surface area contributed by atoms with E-state index in [2.05, 4.69) is 44.6 Å². The van der Waals surface area contributed by atoms with Crippen molar-refractivity contribution in [3.05, 3.63) is 59.7 Å². The van der Waals surface area contributed by atoms with Crippen LogP contribution in [0.4, 0.5) is 5.82 Å². The standard InChI is InChI=1S/C22H30N6O2/c1-26-9-11-27(12-10-26)22-5-4-8-23-28(22)21-15-18(24-25-21)7-6-17-13-19(29-2)16-20(14-17)30-3/h4-5,8,13-16,23H,6-7,9-12H2,1-3H3,(H,24,25). The van der Waals surface area contributed by atoms with Gasteiger partial charge in [-0.25, -0.2) is 5.01 Å². The zero-order valence-electron chi connectivity index (χ0n) is 17.9. The minimum Gasteiger partial charge on any atom is -0.497 e. The number of nitrogens with zero attached hydrogens (tertiary/aromatic N) is 4. The van der Waals surface area contributed by atoms with Gasteiger partial charge in [0.1, 0.15) is 17.3 Å². The van der Waals surface area contributed by atoms with Gasteiger partial charge < -0.3 is 19.3 Å². The molecular weight excluding hydrogens is 380 g/mol. The summed E-state index contributed by atoms with van der Waals surface area (Å²) in [5.41, 5.74) is 5.58. The lowest BCUT2D eigenvalue weighted by atomic mass is 10.1. The first-order chi connectivity index (χ1) is 14.7. The Hall–Kier alpha value is -3.13. The fraction of sp³-hybridized carbons (Fsp3) is 0.409. The number of allylic oxidation sites excluding steroid dienone is 2. The fourth-order valence-electron chi connectivity index (χ4n) is 3.74. The van der Waals surface area contributed by atoms with Crippen LogP contribution < -0.4 is 19.9 Å². The third kappa shape index (κ3) is 4.54. The van der Waals surface area contributed by atoms with Gasteiger partial charge in [0.2, 0.25) is 0 Å². The molecule has 0 saturated carbocycles. The number of nitrogens with one attached hydrogen (secondary N) is 2. The van der Waals surface area contributed by atoms with Gasteiger partial charge >= 0.3 is 0 Å². The van der Waals surface area contributed by atoms with E-state index in [1.165, 1.54) is 5.56 Å². The molecule has 4 rings (SSSR count). The van der Waals surface area contributed by atoms with E-state index in [0.717, 1.165) is 67.9 Å². The quantitative estimate of drug-likeness (QED) is 0.725. The summed E-state index contributed by atoms with van der Waals surface area (Å²) in [6.07, 6.45) is 7.81. The van der Waals surface area contributed by atoms with Crippen molar-refractivity contribution in [3.8, 4) is 11.5 Å². The molecule has 1 aromatic carbocycles. The number of anilines is 1. The highest BCUT2D eigenvalue weighted by atomic mass is 16.5. The normalized spacial score (nSPS) is 17.0. The molecule has 2 N–H and O–H groups in total. The lowest BCUT2D eigenvalue weighted by molar-refractivity contribution is 0.181. The topological polar surface area (TPSA) is 68.9 Å². The Kier molecular flexibility index (Phi) is 6.13. The van der Waals surface area contributed by atoms with E-state index < -0.39 is 0 Å².